The molecule has 0 N–H and O–H groups in total. The summed E-state index contributed by atoms with van der Waals surface area (Å²) in [5.74, 6) is -2.14. The fourth-order valence-electron chi connectivity index (χ4n) is 5.20. The van der Waals surface area contributed by atoms with Crippen molar-refractivity contribution < 1.29 is 19.3 Å². The van der Waals surface area contributed by atoms with E-state index in [0.29, 0.717) is 11.4 Å². The fourth-order valence-corrected chi connectivity index (χ4v) is 5.20. The Balaban J connectivity index is 1.59. The Hall–Kier alpha value is -4.69. The van der Waals surface area contributed by atoms with Crippen molar-refractivity contribution in [2.75, 3.05) is 17.0 Å². The summed E-state index contributed by atoms with van der Waals surface area (Å²) in [5.41, 5.74) is 2.95. The third-order valence-electron chi connectivity index (χ3n) is 6.92. The second kappa shape index (κ2) is 8.76. The van der Waals surface area contributed by atoms with Gasteiger partial charge in [-0.05, 0) is 35.4 Å². The molecule has 37 heavy (non-hydrogen) atoms. The highest BCUT2D eigenvalue weighted by molar-refractivity contribution is 6.02. The summed E-state index contributed by atoms with van der Waals surface area (Å²) in [7, 11) is 1.71. The van der Waals surface area contributed by atoms with E-state index in [9.17, 15) is 14.9 Å². The molecule has 0 aromatic heterocycles. The van der Waals surface area contributed by atoms with Gasteiger partial charge in [-0.2, -0.15) is 0 Å². The molecule has 1 fully saturated rings. The normalized spacial score (nSPS) is 22.6. The largest absolute Gasteiger partial charge is 0.449 e. The lowest BCUT2D eigenvalue weighted by atomic mass is 9.80. The molecule has 6 rings (SSSR count). The average molecular weight is 494 g/mol. The van der Waals surface area contributed by atoms with Gasteiger partial charge in [0.05, 0.1) is 28.3 Å². The maximum absolute atomic E-state index is 14.2. The number of amides is 1. The molecule has 1 spiro atoms. The molecular formula is C29H23N3O5. The molecule has 0 unspecified atom stereocenters. The first-order chi connectivity index (χ1) is 18.0. The van der Waals surface area contributed by atoms with E-state index in [0.717, 1.165) is 16.8 Å². The Kier molecular flexibility index (Phi) is 5.39. The number of non-ortho nitro benzene ring substituents is 1. The van der Waals surface area contributed by atoms with Crippen LogP contribution in [0.5, 0.6) is 5.75 Å². The van der Waals surface area contributed by atoms with Gasteiger partial charge >= 0.3 is 11.7 Å². The Morgan fingerprint density at radius 2 is 1.43 bits per heavy atom. The lowest BCUT2D eigenvalue weighted by Gasteiger charge is -2.40. The van der Waals surface area contributed by atoms with E-state index < -0.39 is 22.7 Å². The molecule has 2 aliphatic heterocycles. The molecule has 1 amide bonds. The smallest absolute Gasteiger partial charge is 0.322 e. The van der Waals surface area contributed by atoms with Gasteiger partial charge in [0.1, 0.15) is 5.75 Å². The van der Waals surface area contributed by atoms with Gasteiger partial charge in [0.2, 0.25) is 0 Å². The van der Waals surface area contributed by atoms with Crippen LogP contribution in [0.4, 0.5) is 17.1 Å². The Morgan fingerprint density at radius 1 is 0.811 bits per heavy atom. The lowest BCUT2D eigenvalue weighted by molar-refractivity contribution is -0.384. The summed E-state index contributed by atoms with van der Waals surface area (Å²) in [6, 6.07) is 32.3. The van der Waals surface area contributed by atoms with Crippen LogP contribution in [-0.4, -0.2) is 23.7 Å². The van der Waals surface area contributed by atoms with Crippen LogP contribution < -0.4 is 14.7 Å². The number of carbonyl (C=O) groups is 1. The fraction of sp³-hybridized carbons (Fsp3) is 0.138. The molecule has 4 aromatic rings. The number of rotatable bonds is 4. The highest BCUT2D eigenvalue weighted by Crippen LogP contribution is 2.56. The first kappa shape index (κ1) is 22.8. The summed E-state index contributed by atoms with van der Waals surface area (Å²) in [4.78, 5) is 33.2. The number of fused-ring (bicyclic) bond motifs is 1. The number of hydroxylamine groups is 1. The second-order valence-corrected chi connectivity index (χ2v) is 9.04. The average Bonchev–Trinajstić information content (AvgIpc) is 3.28. The van der Waals surface area contributed by atoms with Crippen LogP contribution in [0.25, 0.3) is 0 Å². The summed E-state index contributed by atoms with van der Waals surface area (Å²) in [6.07, 6.45) is 0. The van der Waals surface area contributed by atoms with E-state index in [1.165, 1.54) is 12.1 Å². The molecule has 1 saturated heterocycles. The summed E-state index contributed by atoms with van der Waals surface area (Å²) < 4.78 is 6.53. The first-order valence-electron chi connectivity index (χ1n) is 11.9. The number of para-hydroxylation sites is 3. The Bertz CT molecular complexity index is 1460. The number of anilines is 2. The molecular weight excluding hydrogens is 470 g/mol. The molecule has 2 heterocycles. The predicted molar refractivity (Wildman–Crippen MR) is 138 cm³/mol. The van der Waals surface area contributed by atoms with Gasteiger partial charge in [0, 0.05) is 19.2 Å². The van der Waals surface area contributed by atoms with E-state index in [4.69, 9.17) is 9.57 Å². The highest BCUT2D eigenvalue weighted by Gasteiger charge is 2.65. The van der Waals surface area contributed by atoms with Crippen LogP contribution >= 0.6 is 0 Å². The number of benzene rings is 4. The zero-order valence-electron chi connectivity index (χ0n) is 19.9. The SMILES string of the molecule is CN1C(=O)[C@@]2(Oc3ccccc31)ON(c1ccccc1)[C@@H](c1ccc([N+](=O)[O-])cc1)[C@@H]2c1ccccc1. The number of nitro benzene ring substituents is 1. The first-order valence-corrected chi connectivity index (χ1v) is 11.9. The van der Waals surface area contributed by atoms with Crippen LogP contribution in [0, 0.1) is 10.1 Å². The van der Waals surface area contributed by atoms with Crippen LogP contribution in [0.2, 0.25) is 0 Å². The van der Waals surface area contributed by atoms with Crippen LogP contribution in [0.3, 0.4) is 0 Å². The number of hydrogen-bond acceptors (Lipinski definition) is 6. The van der Waals surface area contributed by atoms with Crippen molar-refractivity contribution in [2.45, 2.75) is 17.7 Å². The number of nitrogens with zero attached hydrogens (tertiary/aromatic N) is 3. The van der Waals surface area contributed by atoms with E-state index in [1.807, 2.05) is 84.9 Å². The minimum Gasteiger partial charge on any atom is -0.449 e. The van der Waals surface area contributed by atoms with Gasteiger partial charge in [-0.15, -0.1) is 0 Å². The maximum atomic E-state index is 14.2. The minimum absolute atomic E-state index is 0.0152. The molecule has 4 aromatic carbocycles. The summed E-state index contributed by atoms with van der Waals surface area (Å²) in [5, 5.41) is 13.0. The van der Waals surface area contributed by atoms with Gasteiger partial charge < -0.3 is 9.64 Å². The molecule has 8 heteroatoms. The lowest BCUT2D eigenvalue weighted by Crippen LogP contribution is -2.58. The second-order valence-electron chi connectivity index (χ2n) is 9.04. The van der Waals surface area contributed by atoms with E-state index in [-0.39, 0.29) is 11.6 Å². The number of likely N-dealkylation sites (N-methyl/N-ethyl adjacent to an activating group) is 1. The van der Waals surface area contributed by atoms with Crippen LogP contribution in [0.15, 0.2) is 109 Å². The van der Waals surface area contributed by atoms with Gasteiger partial charge in [0.25, 0.3) is 5.69 Å². The van der Waals surface area contributed by atoms with Crippen LogP contribution in [-0.2, 0) is 9.63 Å². The van der Waals surface area contributed by atoms with Gasteiger partial charge in [-0.1, -0.05) is 72.8 Å². The predicted octanol–water partition coefficient (Wildman–Crippen LogP) is 5.62. The van der Waals surface area contributed by atoms with Crippen molar-refractivity contribution in [3.63, 3.8) is 0 Å². The highest BCUT2D eigenvalue weighted by atomic mass is 16.8. The molecule has 0 bridgehead atoms. The zero-order chi connectivity index (χ0) is 25.6. The number of ether oxygens (including phenoxy) is 1. The van der Waals surface area contributed by atoms with Crippen LogP contribution in [0.1, 0.15) is 23.1 Å². The molecule has 0 saturated carbocycles. The zero-order valence-corrected chi connectivity index (χ0v) is 19.9. The molecule has 8 nitrogen and oxygen atoms in total. The van der Waals surface area contributed by atoms with Crippen molar-refractivity contribution >= 4 is 23.0 Å². The number of hydrogen-bond donors (Lipinski definition) is 0. The Morgan fingerprint density at radius 3 is 2.11 bits per heavy atom. The summed E-state index contributed by atoms with van der Waals surface area (Å²) in [6.45, 7) is 0. The standard InChI is InChI=1S/C29H23N3O5/c1-30-24-14-8-9-15-25(24)36-29(28(30)33)26(20-10-4-2-5-11-20)27(21-16-18-23(19-17-21)32(34)35)31(37-29)22-12-6-3-7-13-22/h2-19,26-27H,1H3/t26-,27-,29-/m0/s1. The van der Waals surface area contributed by atoms with E-state index >= 15 is 0 Å². The van der Waals surface area contributed by atoms with Gasteiger partial charge in [-0.25, -0.2) is 9.90 Å². The van der Waals surface area contributed by atoms with Crippen molar-refractivity contribution in [1.82, 2.24) is 0 Å². The minimum atomic E-state index is -1.72. The molecule has 3 atom stereocenters. The van der Waals surface area contributed by atoms with E-state index in [1.54, 1.807) is 29.1 Å². The molecule has 2 aliphatic rings. The van der Waals surface area contributed by atoms with Crippen molar-refractivity contribution in [1.29, 1.82) is 0 Å². The molecule has 0 radical (unpaired) electrons. The topological polar surface area (TPSA) is 85.2 Å². The van der Waals surface area contributed by atoms with Gasteiger partial charge in [-0.3, -0.25) is 14.9 Å². The summed E-state index contributed by atoms with van der Waals surface area (Å²) >= 11 is 0. The van der Waals surface area contributed by atoms with Crippen molar-refractivity contribution in [2.24, 2.45) is 0 Å². The molecule has 184 valence electrons. The maximum Gasteiger partial charge on any atom is 0.322 e. The monoisotopic (exact) mass is 493 g/mol. The van der Waals surface area contributed by atoms with Gasteiger partial charge in [0.15, 0.2) is 0 Å². The quantitative estimate of drug-likeness (QED) is 0.271. The Labute approximate surface area is 213 Å². The third-order valence-corrected chi connectivity index (χ3v) is 6.92. The number of nitro groups is 1. The third kappa shape index (κ3) is 3.61. The van der Waals surface area contributed by atoms with Crippen molar-refractivity contribution in [3.05, 3.63) is 130 Å². The number of carbonyl (C=O) groups excluding carboxylic acids is 1. The molecule has 0 aliphatic carbocycles. The van der Waals surface area contributed by atoms with E-state index in [2.05, 4.69) is 0 Å². The van der Waals surface area contributed by atoms with Crippen molar-refractivity contribution in [3.8, 4) is 5.75 Å².